The van der Waals surface area contributed by atoms with Gasteiger partial charge in [0.1, 0.15) is 0 Å². The van der Waals surface area contributed by atoms with Crippen LogP contribution in [0.4, 0.5) is 0 Å². The maximum Gasteiger partial charge on any atom is -0.0244 e. The molecule has 0 aromatic heterocycles. The van der Waals surface area contributed by atoms with E-state index in [4.69, 9.17) is 0 Å². The summed E-state index contributed by atoms with van der Waals surface area (Å²) in [6.45, 7) is 11.5. The van der Waals surface area contributed by atoms with Crippen molar-refractivity contribution < 1.29 is 0 Å². The zero-order valence-corrected chi connectivity index (χ0v) is 9.54. The van der Waals surface area contributed by atoms with Crippen molar-refractivity contribution >= 4 is 0 Å². The Labute approximate surface area is 78.8 Å². The van der Waals surface area contributed by atoms with Crippen molar-refractivity contribution in [1.82, 2.24) is 0 Å². The van der Waals surface area contributed by atoms with Crippen LogP contribution in [0.3, 0.4) is 0 Å². The average Bonchev–Trinajstić information content (AvgIpc) is 1.96. The van der Waals surface area contributed by atoms with Crippen molar-refractivity contribution in [3.63, 3.8) is 0 Å². The van der Waals surface area contributed by atoms with Gasteiger partial charge in [-0.05, 0) is 37.0 Å². The van der Waals surface area contributed by atoms with Crippen LogP contribution in [0.2, 0.25) is 0 Å². The van der Waals surface area contributed by atoms with E-state index in [-0.39, 0.29) is 0 Å². The highest BCUT2D eigenvalue weighted by Gasteiger charge is 2.13. The molecule has 0 amide bonds. The molecule has 12 heavy (non-hydrogen) atoms. The topological polar surface area (TPSA) is 0 Å². The Kier molecular flexibility index (Phi) is 5.61. The summed E-state index contributed by atoms with van der Waals surface area (Å²) in [7, 11) is 0. The number of hydrogen-bond donors (Lipinski definition) is 0. The SMILES string of the molecule is CCC[C](CC)CCC(C)(C)C. The van der Waals surface area contributed by atoms with Gasteiger partial charge in [0, 0.05) is 0 Å². The van der Waals surface area contributed by atoms with Crippen LogP contribution in [0.25, 0.3) is 0 Å². The van der Waals surface area contributed by atoms with Crippen molar-refractivity contribution in [1.29, 1.82) is 0 Å². The first-order valence-electron chi connectivity index (χ1n) is 5.33. The standard InChI is InChI=1S/C12H25/c1-6-8-11(7-2)9-10-12(3,4)5/h6-10H2,1-5H3. The molecule has 0 spiro atoms. The highest BCUT2D eigenvalue weighted by atomic mass is 14.2. The molecule has 0 heterocycles. The van der Waals surface area contributed by atoms with Gasteiger partial charge >= 0.3 is 0 Å². The molecule has 1 radical (unpaired) electrons. The molecule has 0 N–H and O–H groups in total. The molecule has 73 valence electrons. The van der Waals surface area contributed by atoms with Crippen molar-refractivity contribution in [3.8, 4) is 0 Å². The van der Waals surface area contributed by atoms with Gasteiger partial charge in [-0.1, -0.05) is 41.0 Å². The summed E-state index contributed by atoms with van der Waals surface area (Å²) in [6, 6.07) is 0. The van der Waals surface area contributed by atoms with Crippen LogP contribution < -0.4 is 0 Å². The van der Waals surface area contributed by atoms with E-state index < -0.39 is 0 Å². The quantitative estimate of drug-likeness (QED) is 0.564. The molecule has 0 rings (SSSR count). The average molecular weight is 169 g/mol. The molecular weight excluding hydrogens is 144 g/mol. The lowest BCUT2D eigenvalue weighted by Gasteiger charge is -2.21. The fourth-order valence-electron chi connectivity index (χ4n) is 1.38. The van der Waals surface area contributed by atoms with Crippen molar-refractivity contribution in [2.75, 3.05) is 0 Å². The van der Waals surface area contributed by atoms with Crippen molar-refractivity contribution in [2.45, 2.75) is 66.7 Å². The summed E-state index contributed by atoms with van der Waals surface area (Å²) in [6.07, 6.45) is 6.62. The normalized spacial score (nSPS) is 12.5. The Balaban J connectivity index is 3.58. The van der Waals surface area contributed by atoms with Gasteiger partial charge in [0.15, 0.2) is 0 Å². The van der Waals surface area contributed by atoms with Crippen LogP contribution in [-0.4, -0.2) is 0 Å². The predicted octanol–water partition coefficient (Wildman–Crippen LogP) is 4.60. The third kappa shape index (κ3) is 6.69. The molecule has 0 aliphatic rings. The van der Waals surface area contributed by atoms with Crippen LogP contribution in [0, 0.1) is 11.3 Å². The van der Waals surface area contributed by atoms with Gasteiger partial charge in [-0.25, -0.2) is 0 Å². The summed E-state index contributed by atoms with van der Waals surface area (Å²) in [5.74, 6) is 1.76. The number of hydrogen-bond acceptors (Lipinski definition) is 0. The summed E-state index contributed by atoms with van der Waals surface area (Å²) in [5, 5.41) is 0. The molecule has 0 saturated carbocycles. The fraction of sp³-hybridized carbons (Fsp3) is 0.917. The van der Waals surface area contributed by atoms with Crippen LogP contribution in [0.1, 0.15) is 66.7 Å². The summed E-state index contributed by atoms with van der Waals surface area (Å²) in [4.78, 5) is 0. The zero-order chi connectivity index (χ0) is 9.61. The third-order valence-corrected chi connectivity index (χ3v) is 2.33. The number of rotatable bonds is 5. The molecule has 0 aliphatic heterocycles. The van der Waals surface area contributed by atoms with Gasteiger partial charge in [-0.15, -0.1) is 0 Å². The predicted molar refractivity (Wildman–Crippen MR) is 57.1 cm³/mol. The minimum atomic E-state index is 0.508. The Morgan fingerprint density at radius 1 is 1.00 bits per heavy atom. The molecule has 0 heteroatoms. The molecule has 0 aromatic carbocycles. The Bertz CT molecular complexity index is 97.1. The smallest absolute Gasteiger partial charge is 0.0244 e. The highest BCUT2D eigenvalue weighted by molar-refractivity contribution is 4.88. The zero-order valence-electron chi connectivity index (χ0n) is 9.54. The molecule has 0 aromatic rings. The maximum absolute atomic E-state index is 2.33. The summed E-state index contributed by atoms with van der Waals surface area (Å²) in [5.41, 5.74) is 0.508. The van der Waals surface area contributed by atoms with E-state index in [1.807, 2.05) is 0 Å². The minimum absolute atomic E-state index is 0.508. The molecule has 0 bridgehead atoms. The molecular formula is C12H25. The van der Waals surface area contributed by atoms with Crippen LogP contribution in [-0.2, 0) is 0 Å². The maximum atomic E-state index is 2.33. The lowest BCUT2D eigenvalue weighted by molar-refractivity contribution is 0.362. The molecule has 0 saturated heterocycles. The third-order valence-electron chi connectivity index (χ3n) is 2.33. The van der Waals surface area contributed by atoms with Crippen LogP contribution in [0.15, 0.2) is 0 Å². The lowest BCUT2D eigenvalue weighted by Crippen LogP contribution is -2.07. The molecule has 0 fully saturated rings. The van der Waals surface area contributed by atoms with Gasteiger partial charge in [0.05, 0.1) is 0 Å². The van der Waals surface area contributed by atoms with Crippen molar-refractivity contribution in [2.24, 2.45) is 5.41 Å². The van der Waals surface area contributed by atoms with Gasteiger partial charge in [0.25, 0.3) is 0 Å². The first-order chi connectivity index (χ1) is 5.49. The van der Waals surface area contributed by atoms with E-state index in [0.29, 0.717) is 5.41 Å². The summed E-state index contributed by atoms with van der Waals surface area (Å²) >= 11 is 0. The monoisotopic (exact) mass is 169 g/mol. The van der Waals surface area contributed by atoms with E-state index in [2.05, 4.69) is 34.6 Å². The molecule has 0 nitrogen and oxygen atoms in total. The second-order valence-corrected chi connectivity index (χ2v) is 4.91. The van der Waals surface area contributed by atoms with E-state index in [1.54, 1.807) is 5.92 Å². The van der Waals surface area contributed by atoms with Crippen LogP contribution >= 0.6 is 0 Å². The largest absolute Gasteiger partial charge is 0.0654 e. The highest BCUT2D eigenvalue weighted by Crippen LogP contribution is 2.28. The van der Waals surface area contributed by atoms with Gasteiger partial charge in [-0.3, -0.25) is 0 Å². The Morgan fingerprint density at radius 3 is 1.92 bits per heavy atom. The van der Waals surface area contributed by atoms with Gasteiger partial charge < -0.3 is 0 Å². The molecule has 0 atom stereocenters. The lowest BCUT2D eigenvalue weighted by atomic mass is 9.84. The minimum Gasteiger partial charge on any atom is -0.0654 e. The van der Waals surface area contributed by atoms with Crippen LogP contribution in [0.5, 0.6) is 0 Å². The van der Waals surface area contributed by atoms with Gasteiger partial charge in [-0.2, -0.15) is 0 Å². The van der Waals surface area contributed by atoms with E-state index in [9.17, 15) is 0 Å². The molecule has 0 aliphatic carbocycles. The Hall–Kier alpha value is 0. The van der Waals surface area contributed by atoms with Gasteiger partial charge in [0.2, 0.25) is 0 Å². The van der Waals surface area contributed by atoms with E-state index in [0.717, 1.165) is 0 Å². The van der Waals surface area contributed by atoms with Crippen molar-refractivity contribution in [3.05, 3.63) is 5.92 Å². The second kappa shape index (κ2) is 5.61. The van der Waals surface area contributed by atoms with E-state index in [1.165, 1.54) is 32.1 Å². The Morgan fingerprint density at radius 2 is 1.58 bits per heavy atom. The first kappa shape index (κ1) is 12.0. The second-order valence-electron chi connectivity index (χ2n) is 4.91. The first-order valence-corrected chi connectivity index (χ1v) is 5.33. The molecule has 0 unspecified atom stereocenters. The fourth-order valence-corrected chi connectivity index (χ4v) is 1.38. The summed E-state index contributed by atoms with van der Waals surface area (Å²) < 4.78 is 0. The van der Waals surface area contributed by atoms with E-state index >= 15 is 0 Å².